The van der Waals surface area contributed by atoms with Crippen LogP contribution in [-0.4, -0.2) is 32.6 Å². The second kappa shape index (κ2) is 10.4. The lowest BCUT2D eigenvalue weighted by atomic mass is 9.86. The first-order chi connectivity index (χ1) is 17.7. The number of rotatable bonds is 6. The lowest BCUT2D eigenvalue weighted by Crippen LogP contribution is -2.13. The van der Waals surface area contributed by atoms with Crippen molar-refractivity contribution in [2.75, 3.05) is 24.6 Å². The topological polar surface area (TPSA) is 84.1 Å². The summed E-state index contributed by atoms with van der Waals surface area (Å²) in [6.07, 6.45) is 1.34. The monoisotopic (exact) mass is 557 g/mol. The van der Waals surface area contributed by atoms with Gasteiger partial charge in [-0.2, -0.15) is 0 Å². The maximum atomic E-state index is 14.2. The molecule has 37 heavy (non-hydrogen) atoms. The van der Waals surface area contributed by atoms with Crippen molar-refractivity contribution in [3.8, 4) is 22.4 Å². The average molecular weight is 558 g/mol. The Balaban J connectivity index is 1.60. The van der Waals surface area contributed by atoms with E-state index < -0.39 is 22.6 Å². The zero-order valence-electron chi connectivity index (χ0n) is 19.9. The minimum absolute atomic E-state index is 0.178. The minimum atomic E-state index is -2.01. The molecule has 1 atom stereocenters. The van der Waals surface area contributed by atoms with Crippen LogP contribution in [0.25, 0.3) is 22.4 Å². The summed E-state index contributed by atoms with van der Waals surface area (Å²) in [5.74, 6) is -1.48. The molecular weight excluding hydrogens is 536 g/mol. The molecule has 190 valence electrons. The number of nitrogens with zero attached hydrogens (tertiary/aromatic N) is 3. The van der Waals surface area contributed by atoms with Crippen LogP contribution in [0.2, 0.25) is 5.02 Å². The summed E-state index contributed by atoms with van der Waals surface area (Å²) in [6.45, 7) is 0. The number of hydrogen-bond donors (Lipinski definition) is 2. The van der Waals surface area contributed by atoms with Crippen LogP contribution in [0.5, 0.6) is 0 Å². The molecule has 3 N–H and O–H groups in total. The highest BCUT2D eigenvalue weighted by atomic mass is 35.5. The van der Waals surface area contributed by atoms with Crippen LogP contribution in [0.4, 0.5) is 20.4 Å². The number of nitrogens with two attached hydrogens (primary N) is 1. The molecular formula is C26H22ClF2N5OS2. The van der Waals surface area contributed by atoms with Crippen LogP contribution in [0.3, 0.4) is 0 Å². The van der Waals surface area contributed by atoms with Gasteiger partial charge >= 0.3 is 0 Å². The molecule has 0 radical (unpaired) electrons. The Morgan fingerprint density at radius 1 is 1.08 bits per heavy atom. The van der Waals surface area contributed by atoms with Gasteiger partial charge in [0.05, 0.1) is 27.0 Å². The zero-order valence-corrected chi connectivity index (χ0v) is 22.3. The maximum Gasteiger partial charge on any atom is 0.220 e. The van der Waals surface area contributed by atoms with E-state index in [1.807, 2.05) is 42.7 Å². The number of benzene rings is 3. The zero-order chi connectivity index (χ0) is 26.3. The van der Waals surface area contributed by atoms with Gasteiger partial charge in [-0.25, -0.2) is 23.0 Å². The van der Waals surface area contributed by atoms with Gasteiger partial charge in [-0.3, -0.25) is 9.03 Å². The van der Waals surface area contributed by atoms with Crippen LogP contribution in [0.15, 0.2) is 64.4 Å². The van der Waals surface area contributed by atoms with Crippen molar-refractivity contribution in [3.63, 3.8) is 0 Å². The van der Waals surface area contributed by atoms with E-state index in [1.165, 1.54) is 0 Å². The largest absolute Gasteiger partial charge is 0.368 e. The molecule has 0 saturated heterocycles. The Morgan fingerprint density at radius 2 is 1.89 bits per heavy atom. The summed E-state index contributed by atoms with van der Waals surface area (Å²) < 4.78 is 45.2. The highest BCUT2D eigenvalue weighted by Crippen LogP contribution is 2.43. The number of nitrogens with one attached hydrogen (secondary N) is 1. The minimum Gasteiger partial charge on any atom is -0.368 e. The molecule has 3 aromatic carbocycles. The summed E-state index contributed by atoms with van der Waals surface area (Å²) in [5.41, 5.74) is 11.4. The van der Waals surface area contributed by atoms with Gasteiger partial charge in [0.25, 0.3) is 0 Å². The maximum absolute atomic E-state index is 14.2. The van der Waals surface area contributed by atoms with E-state index in [9.17, 15) is 13.0 Å². The quantitative estimate of drug-likeness (QED) is 0.278. The van der Waals surface area contributed by atoms with Crippen LogP contribution in [-0.2, 0) is 23.8 Å². The second-order valence-electron chi connectivity index (χ2n) is 8.62. The smallest absolute Gasteiger partial charge is 0.220 e. The van der Waals surface area contributed by atoms with Crippen molar-refractivity contribution in [3.05, 3.63) is 82.5 Å². The van der Waals surface area contributed by atoms with Crippen molar-refractivity contribution in [2.24, 2.45) is 0 Å². The Morgan fingerprint density at radius 3 is 2.65 bits per heavy atom. The molecule has 0 spiro atoms. The highest BCUT2D eigenvalue weighted by Gasteiger charge is 2.25. The summed E-state index contributed by atoms with van der Waals surface area (Å²) >= 11 is 8.12. The first kappa shape index (κ1) is 25.6. The Bertz CT molecular complexity index is 1550. The van der Waals surface area contributed by atoms with E-state index in [0.717, 1.165) is 45.0 Å². The van der Waals surface area contributed by atoms with E-state index in [2.05, 4.69) is 14.7 Å². The molecule has 5 rings (SSSR count). The number of anilines is 2. The third-order valence-corrected chi connectivity index (χ3v) is 8.06. The molecule has 4 aromatic rings. The number of halogens is 3. The van der Waals surface area contributed by atoms with Crippen LogP contribution in [0, 0.1) is 11.6 Å². The van der Waals surface area contributed by atoms with Gasteiger partial charge in [0, 0.05) is 22.1 Å². The molecule has 0 aliphatic heterocycles. The SMILES string of the molecule is CN(C)Sc1cccc(-c2nc(N)nc3c2-c2cc(NS(=O)c4ccc(F)cc4F)c(Cl)cc2CC3)c1. The summed E-state index contributed by atoms with van der Waals surface area (Å²) in [4.78, 5) is 9.97. The number of aromatic nitrogens is 2. The number of fused-ring (bicyclic) bond motifs is 3. The summed E-state index contributed by atoms with van der Waals surface area (Å²) in [6, 6.07) is 14.5. The fourth-order valence-corrected chi connectivity index (χ4v) is 6.21. The first-order valence-electron chi connectivity index (χ1n) is 11.3. The van der Waals surface area contributed by atoms with E-state index in [1.54, 1.807) is 24.1 Å². The molecule has 0 fully saturated rings. The average Bonchev–Trinajstić information content (AvgIpc) is 2.83. The number of hydrogen-bond acceptors (Lipinski definition) is 6. The van der Waals surface area contributed by atoms with Gasteiger partial charge in [-0.05, 0) is 86.4 Å². The van der Waals surface area contributed by atoms with E-state index >= 15 is 0 Å². The molecule has 1 heterocycles. The molecule has 1 aliphatic carbocycles. The second-order valence-corrected chi connectivity index (χ2v) is 11.6. The van der Waals surface area contributed by atoms with Crippen molar-refractivity contribution in [1.82, 2.24) is 14.3 Å². The predicted octanol–water partition coefficient (Wildman–Crippen LogP) is 6.13. The van der Waals surface area contributed by atoms with Gasteiger partial charge in [-0.1, -0.05) is 23.7 Å². The number of aryl methyl sites for hydroxylation is 2. The Hall–Kier alpha value is -3.05. The highest BCUT2D eigenvalue weighted by molar-refractivity contribution is 7.97. The lowest BCUT2D eigenvalue weighted by molar-refractivity contribution is 0.562. The molecule has 0 bridgehead atoms. The van der Waals surface area contributed by atoms with Gasteiger partial charge < -0.3 is 5.73 Å². The molecule has 1 unspecified atom stereocenters. The van der Waals surface area contributed by atoms with Crippen molar-refractivity contribution < 1.29 is 13.0 Å². The third-order valence-electron chi connectivity index (χ3n) is 5.79. The number of nitrogen functional groups attached to an aromatic ring is 1. The molecule has 1 aliphatic rings. The molecule has 0 saturated carbocycles. The van der Waals surface area contributed by atoms with Crippen molar-refractivity contribution in [1.29, 1.82) is 0 Å². The van der Waals surface area contributed by atoms with Crippen LogP contribution < -0.4 is 10.5 Å². The van der Waals surface area contributed by atoms with Gasteiger partial charge in [0.1, 0.15) is 11.6 Å². The third kappa shape index (κ3) is 5.33. The van der Waals surface area contributed by atoms with Gasteiger partial charge in [0.15, 0.2) is 11.0 Å². The summed E-state index contributed by atoms with van der Waals surface area (Å²) in [5, 5.41) is 0.334. The van der Waals surface area contributed by atoms with E-state index in [-0.39, 0.29) is 10.8 Å². The van der Waals surface area contributed by atoms with Crippen LogP contribution in [0.1, 0.15) is 11.3 Å². The molecule has 11 heteroatoms. The van der Waals surface area contributed by atoms with E-state index in [4.69, 9.17) is 17.3 Å². The first-order valence-corrected chi connectivity index (χ1v) is 13.6. The standard InChI is InChI=1S/C26H22ClF2N5OS2/c1-34(2)36-17-5-3-4-15(10-17)25-24-18-13-22(33-37(35)23-9-7-16(28)12-20(23)29)19(27)11-14(18)6-8-21(24)31-26(30)32-25/h3-5,7,9-13,33H,6,8H2,1-2H3,(H2,30,31,32). The lowest BCUT2D eigenvalue weighted by Gasteiger charge is -2.23. The molecule has 1 aromatic heterocycles. The van der Waals surface area contributed by atoms with Gasteiger partial charge in [-0.15, -0.1) is 0 Å². The fraction of sp³-hybridized carbons (Fsp3) is 0.154. The fourth-order valence-electron chi connectivity index (χ4n) is 4.28. The Labute approximate surface area is 225 Å². The Kier molecular flexibility index (Phi) is 7.17. The van der Waals surface area contributed by atoms with Gasteiger partial charge in [0.2, 0.25) is 5.95 Å². The van der Waals surface area contributed by atoms with Crippen molar-refractivity contribution in [2.45, 2.75) is 22.6 Å². The van der Waals surface area contributed by atoms with E-state index in [0.29, 0.717) is 35.3 Å². The normalized spacial score (nSPS) is 13.2. The molecule has 6 nitrogen and oxygen atoms in total. The van der Waals surface area contributed by atoms with Crippen molar-refractivity contribution >= 4 is 46.2 Å². The van der Waals surface area contributed by atoms with Crippen LogP contribution >= 0.6 is 23.5 Å². The molecule has 0 amide bonds. The predicted molar refractivity (Wildman–Crippen MR) is 146 cm³/mol. The summed E-state index contributed by atoms with van der Waals surface area (Å²) in [7, 11) is 1.93.